The maximum Gasteiger partial charge on any atom is 0.244 e. The highest BCUT2D eigenvalue weighted by Crippen LogP contribution is 2.29. The maximum atomic E-state index is 13.4. The van der Waals surface area contributed by atoms with Crippen molar-refractivity contribution in [2.45, 2.75) is 43.3 Å². The Labute approximate surface area is 177 Å². The van der Waals surface area contributed by atoms with Crippen LogP contribution in [0.1, 0.15) is 23.1 Å². The van der Waals surface area contributed by atoms with Gasteiger partial charge in [-0.1, -0.05) is 42.0 Å². The Kier molecular flexibility index (Phi) is 5.46. The van der Waals surface area contributed by atoms with Crippen LogP contribution >= 0.6 is 0 Å². The van der Waals surface area contributed by atoms with Crippen LogP contribution in [0.2, 0.25) is 0 Å². The molecule has 0 aromatic heterocycles. The molecule has 0 aliphatic carbocycles. The number of hydrogen-bond donors (Lipinski definition) is 1. The molecular formula is C21H24N2O5S2. The van der Waals surface area contributed by atoms with Gasteiger partial charge in [-0.25, -0.2) is 16.8 Å². The lowest BCUT2D eigenvalue weighted by Gasteiger charge is -2.35. The molecule has 30 heavy (non-hydrogen) atoms. The smallest absolute Gasteiger partial charge is 0.244 e. The summed E-state index contributed by atoms with van der Waals surface area (Å²) in [5.41, 5.74) is 2.72. The predicted octanol–water partition coefficient (Wildman–Crippen LogP) is 1.41. The number of carbonyl (C=O) groups is 1. The van der Waals surface area contributed by atoms with Crippen LogP contribution < -0.4 is 5.32 Å². The van der Waals surface area contributed by atoms with Crippen molar-refractivity contribution in [1.82, 2.24) is 9.62 Å². The van der Waals surface area contributed by atoms with Gasteiger partial charge in [0.25, 0.3) is 0 Å². The van der Waals surface area contributed by atoms with Crippen molar-refractivity contribution in [1.29, 1.82) is 0 Å². The Hall–Kier alpha value is -2.23. The molecule has 0 spiro atoms. The van der Waals surface area contributed by atoms with Crippen LogP contribution in [0.4, 0.5) is 0 Å². The molecule has 1 saturated heterocycles. The second kappa shape index (κ2) is 7.79. The first-order valence-electron chi connectivity index (χ1n) is 9.82. The average molecular weight is 449 g/mol. The van der Waals surface area contributed by atoms with Crippen LogP contribution in [0.3, 0.4) is 0 Å². The lowest BCUT2D eigenvalue weighted by molar-refractivity contribution is -0.125. The van der Waals surface area contributed by atoms with Gasteiger partial charge in [-0.2, -0.15) is 4.31 Å². The molecule has 2 aliphatic rings. The fourth-order valence-electron chi connectivity index (χ4n) is 4.03. The van der Waals surface area contributed by atoms with E-state index in [-0.39, 0.29) is 29.4 Å². The molecule has 9 heteroatoms. The molecule has 2 aliphatic heterocycles. The van der Waals surface area contributed by atoms with E-state index in [4.69, 9.17) is 0 Å². The number of aryl methyl sites for hydroxylation is 1. The summed E-state index contributed by atoms with van der Waals surface area (Å²) in [6.07, 6.45) is 0.592. The van der Waals surface area contributed by atoms with Crippen molar-refractivity contribution in [2.24, 2.45) is 0 Å². The van der Waals surface area contributed by atoms with Gasteiger partial charge in [0, 0.05) is 12.6 Å². The van der Waals surface area contributed by atoms with Gasteiger partial charge in [-0.15, -0.1) is 0 Å². The highest BCUT2D eigenvalue weighted by molar-refractivity contribution is 7.91. The van der Waals surface area contributed by atoms with E-state index in [1.165, 1.54) is 4.31 Å². The molecule has 1 N–H and O–H groups in total. The number of nitrogens with one attached hydrogen (secondary N) is 1. The lowest BCUT2D eigenvalue weighted by atomic mass is 9.95. The van der Waals surface area contributed by atoms with Gasteiger partial charge in [0.15, 0.2) is 9.84 Å². The summed E-state index contributed by atoms with van der Waals surface area (Å²) < 4.78 is 51.5. The van der Waals surface area contributed by atoms with E-state index >= 15 is 0 Å². The van der Waals surface area contributed by atoms with Crippen molar-refractivity contribution in [3.8, 4) is 0 Å². The SMILES string of the molecule is Cc1ccc(S(=O)(=O)N2Cc3ccccc3CC2C(=O)NC2CCS(=O)(=O)C2)cc1. The van der Waals surface area contributed by atoms with E-state index in [0.29, 0.717) is 6.42 Å². The van der Waals surface area contributed by atoms with Crippen LogP contribution in [0.25, 0.3) is 0 Å². The minimum absolute atomic E-state index is 0.0385. The third kappa shape index (κ3) is 4.14. The van der Waals surface area contributed by atoms with Gasteiger partial charge in [0.2, 0.25) is 15.9 Å². The molecule has 0 radical (unpaired) electrons. The van der Waals surface area contributed by atoms with Gasteiger partial charge in [-0.05, 0) is 43.0 Å². The standard InChI is InChI=1S/C21H24N2O5S2/c1-15-6-8-19(9-7-15)30(27,28)23-13-17-5-3-2-4-16(17)12-20(23)21(24)22-18-10-11-29(25,26)14-18/h2-9,18,20H,10-14H2,1H3,(H,22,24). The van der Waals surface area contributed by atoms with Crippen molar-refractivity contribution < 1.29 is 21.6 Å². The molecule has 0 saturated carbocycles. The summed E-state index contributed by atoms with van der Waals surface area (Å²) >= 11 is 0. The van der Waals surface area contributed by atoms with Gasteiger partial charge in [0.05, 0.1) is 16.4 Å². The number of benzene rings is 2. The van der Waals surface area contributed by atoms with Crippen LogP contribution in [0.5, 0.6) is 0 Å². The number of sulfone groups is 1. The van der Waals surface area contributed by atoms with Crippen LogP contribution in [0, 0.1) is 6.92 Å². The normalized spacial score (nSPS) is 23.6. The Morgan fingerprint density at radius 2 is 1.73 bits per heavy atom. The fourth-order valence-corrected chi connectivity index (χ4v) is 7.27. The van der Waals surface area contributed by atoms with E-state index in [2.05, 4.69) is 5.32 Å². The monoisotopic (exact) mass is 448 g/mol. The van der Waals surface area contributed by atoms with Gasteiger partial charge in [0.1, 0.15) is 6.04 Å². The molecule has 2 atom stereocenters. The minimum atomic E-state index is -3.92. The van der Waals surface area contributed by atoms with Crippen LogP contribution in [0.15, 0.2) is 53.4 Å². The van der Waals surface area contributed by atoms with Crippen LogP contribution in [-0.4, -0.2) is 50.6 Å². The molecule has 2 aromatic rings. The topological polar surface area (TPSA) is 101 Å². The van der Waals surface area contributed by atoms with Crippen molar-refractivity contribution >= 4 is 25.8 Å². The van der Waals surface area contributed by atoms with Crippen LogP contribution in [-0.2, 0) is 37.6 Å². The molecule has 7 nitrogen and oxygen atoms in total. The third-order valence-corrected chi connectivity index (χ3v) is 9.35. The number of sulfonamides is 1. The zero-order valence-electron chi connectivity index (χ0n) is 16.6. The van der Waals surface area contributed by atoms with Crippen molar-refractivity contribution in [3.05, 3.63) is 65.2 Å². The molecule has 2 unspecified atom stereocenters. The Balaban J connectivity index is 1.67. The number of fused-ring (bicyclic) bond motifs is 1. The summed E-state index contributed by atoms with van der Waals surface area (Å²) in [6.45, 7) is 1.97. The highest BCUT2D eigenvalue weighted by Gasteiger charge is 2.41. The van der Waals surface area contributed by atoms with E-state index in [9.17, 15) is 21.6 Å². The lowest BCUT2D eigenvalue weighted by Crippen LogP contribution is -2.54. The highest BCUT2D eigenvalue weighted by atomic mass is 32.2. The Morgan fingerprint density at radius 1 is 1.07 bits per heavy atom. The first kappa shape index (κ1) is 21.0. The number of rotatable bonds is 4. The molecule has 2 heterocycles. The van der Waals surface area contributed by atoms with E-state index in [1.54, 1.807) is 24.3 Å². The number of amides is 1. The molecule has 160 valence electrons. The third-order valence-electron chi connectivity index (χ3n) is 5.71. The van der Waals surface area contributed by atoms with Gasteiger partial charge in [-0.3, -0.25) is 4.79 Å². The largest absolute Gasteiger partial charge is 0.351 e. The first-order valence-corrected chi connectivity index (χ1v) is 13.1. The van der Waals surface area contributed by atoms with Crippen molar-refractivity contribution in [3.63, 3.8) is 0 Å². The Bertz CT molecular complexity index is 1170. The summed E-state index contributed by atoms with van der Waals surface area (Å²) in [4.78, 5) is 13.2. The minimum Gasteiger partial charge on any atom is -0.351 e. The molecule has 1 fully saturated rings. The van der Waals surface area contributed by atoms with Gasteiger partial charge >= 0.3 is 0 Å². The maximum absolute atomic E-state index is 13.4. The molecule has 4 rings (SSSR count). The second-order valence-electron chi connectivity index (χ2n) is 7.96. The summed E-state index contributed by atoms with van der Waals surface area (Å²) in [7, 11) is -7.07. The molecular weight excluding hydrogens is 424 g/mol. The molecule has 0 bridgehead atoms. The Morgan fingerprint density at radius 3 is 2.37 bits per heavy atom. The average Bonchev–Trinajstić information content (AvgIpc) is 3.05. The number of nitrogens with zero attached hydrogens (tertiary/aromatic N) is 1. The second-order valence-corrected chi connectivity index (χ2v) is 12.1. The summed E-state index contributed by atoms with van der Waals surface area (Å²) in [5.74, 6) is -0.522. The number of hydrogen-bond acceptors (Lipinski definition) is 5. The van der Waals surface area contributed by atoms with E-state index in [1.807, 2.05) is 31.2 Å². The zero-order chi connectivity index (χ0) is 21.5. The van der Waals surface area contributed by atoms with Gasteiger partial charge < -0.3 is 5.32 Å². The van der Waals surface area contributed by atoms with E-state index in [0.717, 1.165) is 16.7 Å². The quantitative estimate of drug-likeness (QED) is 0.762. The summed E-state index contributed by atoms with van der Waals surface area (Å²) in [5, 5.41) is 2.77. The molecule has 1 amide bonds. The zero-order valence-corrected chi connectivity index (χ0v) is 18.2. The van der Waals surface area contributed by atoms with Crippen molar-refractivity contribution in [2.75, 3.05) is 11.5 Å². The molecule has 2 aromatic carbocycles. The number of carbonyl (C=O) groups excluding carboxylic acids is 1. The predicted molar refractivity (Wildman–Crippen MR) is 113 cm³/mol. The first-order chi connectivity index (χ1) is 14.2. The fraction of sp³-hybridized carbons (Fsp3) is 0.381. The summed E-state index contributed by atoms with van der Waals surface area (Å²) in [6, 6.07) is 12.6. The van der Waals surface area contributed by atoms with E-state index < -0.39 is 37.9 Å².